The first-order valence-corrected chi connectivity index (χ1v) is 5.16. The molecule has 0 saturated carbocycles. The van der Waals surface area contributed by atoms with Gasteiger partial charge >= 0.3 is 0 Å². The van der Waals surface area contributed by atoms with E-state index in [9.17, 15) is 0 Å². The molecule has 0 heteroatoms. The molecule has 0 radical (unpaired) electrons. The molecule has 0 nitrogen and oxygen atoms in total. The van der Waals surface area contributed by atoms with Crippen molar-refractivity contribution in [3.05, 3.63) is 42.4 Å². The van der Waals surface area contributed by atoms with E-state index in [1.54, 1.807) is 0 Å². The molecule has 0 aliphatic rings. The van der Waals surface area contributed by atoms with Crippen LogP contribution in [0.5, 0.6) is 0 Å². The quantitative estimate of drug-likeness (QED) is 0.576. The second kappa shape index (κ2) is 6.42. The van der Waals surface area contributed by atoms with Gasteiger partial charge in [0.2, 0.25) is 0 Å². The van der Waals surface area contributed by atoms with Gasteiger partial charge in [0, 0.05) is 0 Å². The second-order valence-corrected chi connectivity index (χ2v) is 3.41. The zero-order chi connectivity index (χ0) is 14.6. The largest absolute Gasteiger partial charge is 0.0952 e. The maximum absolute atomic E-state index is 7.85. The smallest absolute Gasteiger partial charge is 0.0629 e. The summed E-state index contributed by atoms with van der Waals surface area (Å²) in [6.07, 6.45) is 4.98. The summed E-state index contributed by atoms with van der Waals surface area (Å²) in [6, 6.07) is -1.22. The highest BCUT2D eigenvalue weighted by molar-refractivity contribution is 5.62. The zero-order valence-electron chi connectivity index (χ0n) is 13.7. The molecule has 0 unspecified atom stereocenters. The Labute approximate surface area is 94.7 Å². The average molecular weight is 193 g/mol. The van der Waals surface area contributed by atoms with E-state index in [4.69, 9.17) is 6.85 Å². The minimum absolute atomic E-state index is 0.147. The molecule has 0 atom stereocenters. The summed E-state index contributed by atoms with van der Waals surface area (Å²) < 4.78 is 38.5. The lowest BCUT2D eigenvalue weighted by atomic mass is 10.0. The molecule has 0 spiro atoms. The highest BCUT2D eigenvalue weighted by Crippen LogP contribution is 2.18. The number of benzene rings is 1. The van der Waals surface area contributed by atoms with E-state index in [0.717, 1.165) is 25.7 Å². The van der Waals surface area contributed by atoms with Gasteiger partial charge < -0.3 is 0 Å². The van der Waals surface area contributed by atoms with E-state index < -0.39 is 0 Å². The van der Waals surface area contributed by atoms with Crippen LogP contribution >= 0.6 is 0 Å². The summed E-state index contributed by atoms with van der Waals surface area (Å²) >= 11 is 0. The van der Waals surface area contributed by atoms with Crippen molar-refractivity contribution in [2.75, 3.05) is 0 Å². The molecule has 0 heterocycles. The van der Waals surface area contributed by atoms with Gasteiger partial charge in [-0.05, 0) is 24.0 Å². The van der Waals surface area contributed by atoms with Gasteiger partial charge in [-0.1, -0.05) is 63.0 Å². The Bertz CT molecular complexity index is 450. The predicted molar refractivity (Wildman–Crippen MR) is 64.2 cm³/mol. The normalized spacial score (nSPS) is 15.1. The van der Waals surface area contributed by atoms with E-state index in [2.05, 4.69) is 13.5 Å². The van der Waals surface area contributed by atoms with Crippen LogP contribution in [0.3, 0.4) is 0 Å². The molecule has 0 aliphatic heterocycles. The van der Waals surface area contributed by atoms with Crippen LogP contribution in [0.2, 0.25) is 0 Å². The van der Waals surface area contributed by atoms with Gasteiger partial charge in [0.25, 0.3) is 0 Å². The third kappa shape index (κ3) is 3.78. The standard InChI is InChI=1S/C14H20/c1-3-4-5-7-10-13(2)14-11-8-6-9-12-14/h6,8-9,11-12H,2-5,7,10H2,1H3/i6D,8D,9D,11D,12D. The molecule has 14 heavy (non-hydrogen) atoms. The van der Waals surface area contributed by atoms with Crippen LogP contribution in [0.1, 0.15) is 51.4 Å². The van der Waals surface area contributed by atoms with Gasteiger partial charge in [0.05, 0.1) is 6.85 Å². The van der Waals surface area contributed by atoms with Crippen molar-refractivity contribution in [2.45, 2.75) is 39.0 Å². The van der Waals surface area contributed by atoms with Crippen molar-refractivity contribution < 1.29 is 6.85 Å². The molecule has 0 aliphatic carbocycles. The maximum Gasteiger partial charge on any atom is 0.0629 e. The number of hydrogen-bond donors (Lipinski definition) is 0. The van der Waals surface area contributed by atoms with E-state index in [0.29, 0.717) is 12.0 Å². The fourth-order valence-electron chi connectivity index (χ4n) is 1.32. The molecule has 76 valence electrons. The highest BCUT2D eigenvalue weighted by Gasteiger charge is 1.97. The van der Waals surface area contributed by atoms with E-state index >= 15 is 0 Å². The molecular weight excluding hydrogens is 168 g/mol. The van der Waals surface area contributed by atoms with Crippen LogP contribution in [-0.4, -0.2) is 0 Å². The van der Waals surface area contributed by atoms with Crippen LogP contribution < -0.4 is 0 Å². The molecule has 1 aromatic carbocycles. The maximum atomic E-state index is 7.85. The molecule has 0 saturated heterocycles. The minimum Gasteiger partial charge on any atom is -0.0952 e. The minimum atomic E-state index is -0.350. The monoisotopic (exact) mass is 193 g/mol. The Morgan fingerprint density at radius 1 is 1.21 bits per heavy atom. The van der Waals surface area contributed by atoms with Gasteiger partial charge in [-0.2, -0.15) is 0 Å². The first kappa shape index (κ1) is 5.75. The molecule has 0 amide bonds. The Balaban J connectivity index is 2.97. The van der Waals surface area contributed by atoms with Crippen LogP contribution in [0, 0.1) is 0 Å². The lowest BCUT2D eigenvalue weighted by Crippen LogP contribution is -1.83. The molecule has 0 fully saturated rings. The lowest BCUT2D eigenvalue weighted by molar-refractivity contribution is 0.679. The van der Waals surface area contributed by atoms with Gasteiger partial charge in [-0.15, -0.1) is 0 Å². The first-order chi connectivity index (χ1) is 8.91. The molecular formula is C14H20. The molecule has 0 N–H and O–H groups in total. The van der Waals surface area contributed by atoms with Crippen LogP contribution in [0.15, 0.2) is 36.8 Å². The molecule has 1 aromatic rings. The Morgan fingerprint density at radius 3 is 2.57 bits per heavy atom. The van der Waals surface area contributed by atoms with Crippen molar-refractivity contribution >= 4 is 5.57 Å². The Kier molecular flexibility index (Phi) is 2.64. The molecule has 0 aromatic heterocycles. The van der Waals surface area contributed by atoms with Gasteiger partial charge in [-0.25, -0.2) is 0 Å². The highest BCUT2D eigenvalue weighted by atomic mass is 14.0. The van der Waals surface area contributed by atoms with E-state index in [-0.39, 0.29) is 35.8 Å². The fourth-order valence-corrected chi connectivity index (χ4v) is 1.32. The molecule has 0 bridgehead atoms. The third-order valence-electron chi connectivity index (χ3n) is 2.19. The number of hydrogen-bond acceptors (Lipinski definition) is 0. The summed E-state index contributed by atoms with van der Waals surface area (Å²) in [4.78, 5) is 0. The van der Waals surface area contributed by atoms with Crippen molar-refractivity contribution in [1.29, 1.82) is 0 Å². The lowest BCUT2D eigenvalue weighted by Gasteiger charge is -2.04. The topological polar surface area (TPSA) is 0 Å². The average Bonchev–Trinajstić information content (AvgIpc) is 2.39. The van der Waals surface area contributed by atoms with Crippen molar-refractivity contribution in [1.82, 2.24) is 0 Å². The van der Waals surface area contributed by atoms with E-state index in [1.807, 2.05) is 0 Å². The Morgan fingerprint density at radius 2 is 1.93 bits per heavy atom. The van der Waals surface area contributed by atoms with Gasteiger partial charge in [0.15, 0.2) is 0 Å². The summed E-state index contributed by atoms with van der Waals surface area (Å²) in [5.74, 6) is 0. The van der Waals surface area contributed by atoms with Crippen molar-refractivity contribution in [2.24, 2.45) is 0 Å². The van der Waals surface area contributed by atoms with Crippen LogP contribution in [0.4, 0.5) is 0 Å². The molecule has 1 rings (SSSR count). The summed E-state index contributed by atoms with van der Waals surface area (Å²) in [5.41, 5.74) is 0.899. The van der Waals surface area contributed by atoms with Crippen LogP contribution in [-0.2, 0) is 0 Å². The number of rotatable bonds is 6. The van der Waals surface area contributed by atoms with Crippen molar-refractivity contribution in [3.8, 4) is 0 Å². The van der Waals surface area contributed by atoms with Crippen molar-refractivity contribution in [3.63, 3.8) is 0 Å². The summed E-state index contributed by atoms with van der Waals surface area (Å²) in [7, 11) is 0. The van der Waals surface area contributed by atoms with Gasteiger partial charge in [-0.3, -0.25) is 0 Å². The number of unbranched alkanes of at least 4 members (excludes halogenated alkanes) is 3. The summed E-state index contributed by atoms with van der Waals surface area (Å²) in [6.45, 7) is 6.02. The third-order valence-corrected chi connectivity index (χ3v) is 2.19. The fraction of sp³-hybridized carbons (Fsp3) is 0.429. The second-order valence-electron chi connectivity index (χ2n) is 3.41. The number of allylic oxidation sites excluding steroid dienone is 1. The summed E-state index contributed by atoms with van der Waals surface area (Å²) in [5, 5.41) is 0. The Hall–Kier alpha value is -1.04. The van der Waals surface area contributed by atoms with E-state index in [1.165, 1.54) is 0 Å². The van der Waals surface area contributed by atoms with Crippen LogP contribution in [0.25, 0.3) is 5.57 Å². The van der Waals surface area contributed by atoms with Gasteiger partial charge in [0.1, 0.15) is 0 Å². The first-order valence-electron chi connectivity index (χ1n) is 7.66. The SMILES string of the molecule is [2H]c1c([2H])c([2H])c(C(=C)CCCCCC)c([2H])c1[2H]. The predicted octanol–water partition coefficient (Wildman–Crippen LogP) is 4.67. The zero-order valence-corrected chi connectivity index (χ0v) is 8.74.